The second kappa shape index (κ2) is 14.1. The molecule has 1 aliphatic carbocycles. The summed E-state index contributed by atoms with van der Waals surface area (Å²) < 4.78 is 37.8. The zero-order chi connectivity index (χ0) is 31.0. The third-order valence-electron chi connectivity index (χ3n) is 10.6. The number of phenolic OH excluding ortho intramolecular Hbond substituents is 1. The van der Waals surface area contributed by atoms with E-state index in [0.29, 0.717) is 36.5 Å². The fraction of sp³-hybridized carbons (Fsp3) is 0.829. The Morgan fingerprint density at radius 3 is 1.37 bits per heavy atom. The average Bonchev–Trinajstić information content (AvgIpc) is 3.82. The molecule has 0 amide bonds. The van der Waals surface area contributed by atoms with Crippen molar-refractivity contribution in [3.63, 3.8) is 0 Å². The maximum Gasteiger partial charge on any atom is 0.121 e. The van der Waals surface area contributed by atoms with Crippen molar-refractivity contribution in [3.05, 3.63) is 22.8 Å². The van der Waals surface area contributed by atoms with E-state index in [0.717, 1.165) is 114 Å². The van der Waals surface area contributed by atoms with E-state index >= 15 is 0 Å². The van der Waals surface area contributed by atoms with Crippen molar-refractivity contribution >= 4 is 5.69 Å². The Labute approximate surface area is 272 Å². The molecule has 11 heteroatoms. The Hall–Kier alpha value is -1.54. The second-order valence-corrected chi connectivity index (χ2v) is 15.1. The van der Waals surface area contributed by atoms with E-state index < -0.39 is 0 Å². The molecule has 1 saturated carbocycles. The molecule has 9 atom stereocenters. The van der Waals surface area contributed by atoms with Gasteiger partial charge in [0.1, 0.15) is 5.75 Å². The highest BCUT2D eigenvalue weighted by molar-refractivity contribution is 5.63. The van der Waals surface area contributed by atoms with Crippen molar-refractivity contribution in [2.75, 3.05) is 91.3 Å². The first-order valence-electron chi connectivity index (χ1n) is 17.9. The summed E-state index contributed by atoms with van der Waals surface area (Å²) in [6.45, 7) is 13.1. The minimum Gasteiger partial charge on any atom is -0.508 e. The van der Waals surface area contributed by atoms with Gasteiger partial charge in [-0.05, 0) is 48.3 Å². The molecule has 1 aromatic carbocycles. The number of phenols is 1. The van der Waals surface area contributed by atoms with Crippen LogP contribution in [0.25, 0.3) is 0 Å². The van der Waals surface area contributed by atoms with Crippen LogP contribution in [0.2, 0.25) is 0 Å². The lowest BCUT2D eigenvalue weighted by Gasteiger charge is -2.35. The van der Waals surface area contributed by atoms with Crippen LogP contribution in [0, 0.1) is 11.8 Å². The monoisotopic (exact) mass is 643 g/mol. The van der Waals surface area contributed by atoms with Crippen LogP contribution in [0.5, 0.6) is 5.75 Å². The SMILES string of the molecule is C1CC(CN(CC2CO2)CC2CO2)CC(CN(CC2CO2)CC2CO2)C1.Nc1c(CC2CO2)c(O)cc(CC2CO2)c1CC1CO1. The Balaban J connectivity index is 0.000000140. The zero-order valence-electron chi connectivity index (χ0n) is 27.2. The summed E-state index contributed by atoms with van der Waals surface area (Å²) in [6, 6.07) is 1.85. The molecule has 8 fully saturated rings. The Morgan fingerprint density at radius 2 is 0.957 bits per heavy atom. The van der Waals surface area contributed by atoms with Crippen LogP contribution in [0.1, 0.15) is 42.4 Å². The van der Waals surface area contributed by atoms with Crippen molar-refractivity contribution in [1.29, 1.82) is 0 Å². The number of hydrogen-bond acceptors (Lipinski definition) is 11. The molecule has 1 aromatic rings. The summed E-state index contributed by atoms with van der Waals surface area (Å²) in [6.07, 6.45) is 10.6. The molecule has 8 aliphatic rings. The summed E-state index contributed by atoms with van der Waals surface area (Å²) in [4.78, 5) is 5.24. The van der Waals surface area contributed by atoms with Gasteiger partial charge in [0.25, 0.3) is 0 Å². The number of benzene rings is 1. The van der Waals surface area contributed by atoms with Gasteiger partial charge < -0.3 is 44.0 Å². The van der Waals surface area contributed by atoms with Crippen LogP contribution in [-0.2, 0) is 52.4 Å². The molecular formula is C35H53N3O8. The predicted molar refractivity (Wildman–Crippen MR) is 170 cm³/mol. The molecule has 9 rings (SSSR count). The Morgan fingerprint density at radius 1 is 0.565 bits per heavy atom. The van der Waals surface area contributed by atoms with Gasteiger partial charge in [-0.1, -0.05) is 6.42 Å². The number of nitrogens with two attached hydrogens (primary N) is 1. The quantitative estimate of drug-likeness (QED) is 0.179. The minimum absolute atomic E-state index is 0.214. The predicted octanol–water partition coefficient (Wildman–Crippen LogP) is 1.79. The molecule has 0 bridgehead atoms. The van der Waals surface area contributed by atoms with Crippen LogP contribution < -0.4 is 5.73 Å². The normalized spacial score (nSPS) is 36.3. The lowest BCUT2D eigenvalue weighted by molar-refractivity contribution is 0.125. The summed E-state index contributed by atoms with van der Waals surface area (Å²) >= 11 is 0. The fourth-order valence-electron chi connectivity index (χ4n) is 7.49. The third-order valence-corrected chi connectivity index (χ3v) is 10.6. The Bertz CT molecular complexity index is 1110. The van der Waals surface area contributed by atoms with Crippen LogP contribution >= 0.6 is 0 Å². The molecule has 256 valence electrons. The van der Waals surface area contributed by atoms with Crippen molar-refractivity contribution in [3.8, 4) is 5.75 Å². The van der Waals surface area contributed by atoms with E-state index in [4.69, 9.17) is 38.9 Å². The third kappa shape index (κ3) is 9.99. The molecule has 7 saturated heterocycles. The highest BCUT2D eigenvalue weighted by Gasteiger charge is 2.36. The summed E-state index contributed by atoms with van der Waals surface area (Å²) in [5.74, 6) is 1.96. The van der Waals surface area contributed by atoms with Gasteiger partial charge in [0, 0.05) is 69.8 Å². The Kier molecular flexibility index (Phi) is 9.74. The van der Waals surface area contributed by atoms with Crippen LogP contribution in [0.3, 0.4) is 0 Å². The smallest absolute Gasteiger partial charge is 0.121 e. The number of nitrogen functional groups attached to an aromatic ring is 1. The van der Waals surface area contributed by atoms with Crippen molar-refractivity contribution in [2.45, 2.75) is 87.7 Å². The van der Waals surface area contributed by atoms with Gasteiger partial charge in [-0.15, -0.1) is 0 Å². The topological polar surface area (TPSA) is 140 Å². The van der Waals surface area contributed by atoms with E-state index in [2.05, 4.69) is 9.80 Å². The molecule has 11 nitrogen and oxygen atoms in total. The van der Waals surface area contributed by atoms with Gasteiger partial charge in [-0.3, -0.25) is 9.80 Å². The first-order valence-corrected chi connectivity index (χ1v) is 17.9. The minimum atomic E-state index is 0.214. The number of hydrogen-bond donors (Lipinski definition) is 2. The van der Waals surface area contributed by atoms with Crippen LogP contribution in [0.4, 0.5) is 5.69 Å². The van der Waals surface area contributed by atoms with Gasteiger partial charge in [0.15, 0.2) is 0 Å². The molecule has 46 heavy (non-hydrogen) atoms. The first kappa shape index (κ1) is 31.7. The highest BCUT2D eigenvalue weighted by Crippen LogP contribution is 2.37. The lowest BCUT2D eigenvalue weighted by atomic mass is 9.80. The van der Waals surface area contributed by atoms with E-state index in [1.54, 1.807) is 0 Å². The molecule has 7 heterocycles. The van der Waals surface area contributed by atoms with Crippen molar-refractivity contribution in [2.24, 2.45) is 11.8 Å². The van der Waals surface area contributed by atoms with Gasteiger partial charge in [-0.25, -0.2) is 0 Å². The van der Waals surface area contributed by atoms with E-state index in [1.165, 1.54) is 38.8 Å². The number of rotatable bonds is 18. The van der Waals surface area contributed by atoms with Gasteiger partial charge >= 0.3 is 0 Å². The van der Waals surface area contributed by atoms with E-state index in [-0.39, 0.29) is 24.1 Å². The summed E-state index contributed by atoms with van der Waals surface area (Å²) in [7, 11) is 0. The largest absolute Gasteiger partial charge is 0.508 e. The van der Waals surface area contributed by atoms with Crippen molar-refractivity contribution < 1.29 is 38.3 Å². The summed E-state index contributed by atoms with van der Waals surface area (Å²) in [5.41, 5.74) is 10.1. The molecule has 0 aromatic heterocycles. The zero-order valence-corrected chi connectivity index (χ0v) is 27.2. The molecule has 0 radical (unpaired) electrons. The molecule has 3 N–H and O–H groups in total. The molecular weight excluding hydrogens is 590 g/mol. The summed E-state index contributed by atoms with van der Waals surface area (Å²) in [5, 5.41) is 10.2. The molecule has 9 unspecified atom stereocenters. The van der Waals surface area contributed by atoms with E-state index in [9.17, 15) is 5.11 Å². The number of ether oxygens (including phenoxy) is 7. The second-order valence-electron chi connectivity index (χ2n) is 15.1. The first-order chi connectivity index (χ1) is 22.5. The van der Waals surface area contributed by atoms with E-state index in [1.807, 2.05) is 6.07 Å². The maximum absolute atomic E-state index is 10.2. The number of aromatic hydroxyl groups is 1. The molecule has 7 aliphatic heterocycles. The fourth-order valence-corrected chi connectivity index (χ4v) is 7.49. The van der Waals surface area contributed by atoms with Crippen LogP contribution in [0.15, 0.2) is 6.07 Å². The lowest BCUT2D eigenvalue weighted by Crippen LogP contribution is -2.40. The van der Waals surface area contributed by atoms with Crippen LogP contribution in [-0.4, -0.2) is 143 Å². The average molecular weight is 644 g/mol. The van der Waals surface area contributed by atoms with Crippen molar-refractivity contribution in [1.82, 2.24) is 9.80 Å². The van der Waals surface area contributed by atoms with Gasteiger partial charge in [-0.2, -0.15) is 0 Å². The number of nitrogens with zero attached hydrogens (tertiary/aromatic N) is 2. The number of anilines is 1. The van der Waals surface area contributed by atoms with Gasteiger partial charge in [0.2, 0.25) is 0 Å². The number of epoxide rings is 7. The maximum atomic E-state index is 10.2. The van der Waals surface area contributed by atoms with Gasteiger partial charge in [0.05, 0.1) is 89.0 Å². The standard InChI is InChI=1S/C20H34N2O4.C15H19NO4/c1-2-15(5-21(7-17-11-23-17)8-18-12-24-18)4-16(3-1)6-22(9-19-13-25-19)10-20-14-26-20;16-15-12(3-10-6-19-10)8(1-9-5-18-9)2-14(17)13(15)4-11-7-20-11/h15-20H,1-14H2;2,9-11,17H,1,3-7,16H2. The molecule has 0 spiro atoms. The highest BCUT2D eigenvalue weighted by atomic mass is 16.6.